The van der Waals surface area contributed by atoms with Crippen LogP contribution in [0, 0.1) is 0 Å². The minimum Gasteiger partial charge on any atom is -0.135 e. The molecule has 51 heavy (non-hydrogen) atoms. The van der Waals surface area contributed by atoms with E-state index in [4.69, 9.17) is 0 Å². The Bertz CT molecular complexity index is 3180. The monoisotopic (exact) mass is 696 g/mol. The molecule has 0 saturated heterocycles. The molecule has 14 rings (SSSR count). The Morgan fingerprint density at radius 2 is 0.706 bits per heavy atom. The van der Waals surface area contributed by atoms with E-state index in [0.29, 0.717) is 0 Å². The van der Waals surface area contributed by atoms with Crippen molar-refractivity contribution in [2.24, 2.45) is 0 Å². The predicted molar refractivity (Wildman–Crippen MR) is 221 cm³/mol. The summed E-state index contributed by atoms with van der Waals surface area (Å²) in [6.07, 6.45) is 0. The Morgan fingerprint density at radius 1 is 0.275 bits per heavy atom. The average molecular weight is 697 g/mol. The summed E-state index contributed by atoms with van der Waals surface area (Å²) in [7, 11) is 0. The van der Waals surface area contributed by atoms with Crippen LogP contribution in [-0.4, -0.2) is 0 Å². The lowest BCUT2D eigenvalue weighted by Crippen LogP contribution is -2.52. The number of fused-ring (bicyclic) bond motifs is 3. The summed E-state index contributed by atoms with van der Waals surface area (Å²) in [6, 6.07) is 56.7. The molecule has 0 unspecified atom stereocenters. The quantitative estimate of drug-likeness (QED) is 0.160. The highest BCUT2D eigenvalue weighted by Gasteiger charge is 2.67. The van der Waals surface area contributed by atoms with Crippen LogP contribution in [0.5, 0.6) is 0 Å². The van der Waals surface area contributed by atoms with E-state index in [1.54, 1.807) is 0 Å². The maximum atomic E-state index is 2.54. The molecule has 0 spiro atoms. The first-order valence-corrected chi connectivity index (χ1v) is 20.1. The van der Waals surface area contributed by atoms with Gasteiger partial charge in [-0.3, -0.25) is 0 Å². The molecule has 0 nitrogen and oxygen atoms in total. The summed E-state index contributed by atoms with van der Waals surface area (Å²) in [4.78, 5) is 0. The molecule has 3 heterocycles. The number of benzene rings is 8. The molecule has 3 aromatic heterocycles. The van der Waals surface area contributed by atoms with Crippen LogP contribution in [0.1, 0.15) is 33.4 Å². The standard InChI is InChI=1S/C48H24S3/c1-2-18-36-26(9-1)29-12-3-11-28(46(29)51-36)25-23-24-35-41-27(25)10-4-13-30(41)47-31-14-5-19-37-42(31)44-33(16-7-21-39(44)49-37)48(35,47)34-17-8-22-40-45(34)43-32(47)15-6-20-38(43)50-40/h1-24H. The van der Waals surface area contributed by atoms with Gasteiger partial charge < -0.3 is 0 Å². The van der Waals surface area contributed by atoms with E-state index in [9.17, 15) is 0 Å². The van der Waals surface area contributed by atoms with E-state index >= 15 is 0 Å². The van der Waals surface area contributed by atoms with Gasteiger partial charge in [0, 0.05) is 66.1 Å². The topological polar surface area (TPSA) is 0 Å². The highest BCUT2D eigenvalue weighted by atomic mass is 32.1. The first-order chi connectivity index (χ1) is 25.3. The second-order valence-corrected chi connectivity index (χ2v) is 17.8. The molecular formula is C48H24S3. The second kappa shape index (κ2) is 8.58. The Labute approximate surface area is 304 Å². The number of hydrogen-bond donors (Lipinski definition) is 0. The number of rotatable bonds is 1. The van der Waals surface area contributed by atoms with Crippen LogP contribution >= 0.6 is 34.0 Å². The molecule has 234 valence electrons. The molecule has 0 N–H and O–H groups in total. The number of hydrogen-bond acceptors (Lipinski definition) is 3. The zero-order valence-corrected chi connectivity index (χ0v) is 29.5. The van der Waals surface area contributed by atoms with Crippen LogP contribution in [0.4, 0.5) is 0 Å². The molecular weight excluding hydrogens is 673 g/mol. The Hall–Kier alpha value is -5.32. The summed E-state index contributed by atoms with van der Waals surface area (Å²) in [5.41, 5.74) is 10.5. The van der Waals surface area contributed by atoms with Crippen LogP contribution in [0.25, 0.3) is 82.4 Å². The van der Waals surface area contributed by atoms with Gasteiger partial charge in [0.1, 0.15) is 0 Å². The van der Waals surface area contributed by atoms with Crippen molar-refractivity contribution in [2.45, 2.75) is 10.8 Å². The van der Waals surface area contributed by atoms with Gasteiger partial charge in [-0.2, -0.15) is 0 Å². The molecule has 0 radical (unpaired) electrons. The van der Waals surface area contributed by atoms with Crippen molar-refractivity contribution < 1.29 is 0 Å². The molecule has 3 aliphatic carbocycles. The van der Waals surface area contributed by atoms with Gasteiger partial charge >= 0.3 is 0 Å². The van der Waals surface area contributed by atoms with Crippen molar-refractivity contribution >= 4 is 105 Å². The highest BCUT2D eigenvalue weighted by Crippen LogP contribution is 2.74. The van der Waals surface area contributed by atoms with Crippen LogP contribution in [0.15, 0.2) is 146 Å². The molecule has 0 amide bonds. The molecule has 0 aliphatic heterocycles. The third kappa shape index (κ3) is 2.64. The van der Waals surface area contributed by atoms with Crippen molar-refractivity contribution in [1.82, 2.24) is 0 Å². The van der Waals surface area contributed by atoms with Crippen molar-refractivity contribution in [1.29, 1.82) is 0 Å². The minimum atomic E-state index is -0.430. The predicted octanol–water partition coefficient (Wildman–Crippen LogP) is 13.9. The Kier molecular flexibility index (Phi) is 4.46. The first kappa shape index (κ1) is 26.5. The normalized spacial score (nSPS) is 19.5. The summed E-state index contributed by atoms with van der Waals surface area (Å²) >= 11 is 5.84. The molecule has 0 atom stereocenters. The molecule has 8 aromatic carbocycles. The van der Waals surface area contributed by atoms with Gasteiger partial charge in [-0.1, -0.05) is 115 Å². The van der Waals surface area contributed by atoms with E-state index in [0.717, 1.165) is 0 Å². The fourth-order valence-electron chi connectivity index (χ4n) is 11.3. The minimum absolute atomic E-state index is 0.430. The van der Waals surface area contributed by atoms with Crippen LogP contribution < -0.4 is 0 Å². The molecule has 3 heteroatoms. The third-order valence-corrected chi connectivity index (χ3v) is 16.2. The average Bonchev–Trinajstić information content (AvgIpc) is 3.93. The van der Waals surface area contributed by atoms with Gasteiger partial charge in [0.15, 0.2) is 0 Å². The molecule has 11 aromatic rings. The molecule has 3 aliphatic rings. The fraction of sp³-hybridized carbons (Fsp3) is 0.0417. The van der Waals surface area contributed by atoms with Crippen LogP contribution in [-0.2, 0) is 10.8 Å². The summed E-state index contributed by atoms with van der Waals surface area (Å²) in [6.45, 7) is 0. The summed E-state index contributed by atoms with van der Waals surface area (Å²) < 4.78 is 8.27. The van der Waals surface area contributed by atoms with Crippen LogP contribution in [0.3, 0.4) is 0 Å². The highest BCUT2D eigenvalue weighted by molar-refractivity contribution is 7.27. The zero-order valence-electron chi connectivity index (χ0n) is 27.1. The molecule has 0 saturated carbocycles. The summed E-state index contributed by atoms with van der Waals surface area (Å²) in [5, 5.41) is 11.3. The maximum Gasteiger partial charge on any atom is 0.0649 e. The van der Waals surface area contributed by atoms with Gasteiger partial charge in [-0.25, -0.2) is 0 Å². The van der Waals surface area contributed by atoms with Crippen molar-refractivity contribution in [3.8, 4) is 11.1 Å². The van der Waals surface area contributed by atoms with Gasteiger partial charge in [-0.05, 0) is 80.0 Å². The zero-order chi connectivity index (χ0) is 32.8. The summed E-state index contributed by atoms with van der Waals surface area (Å²) in [5.74, 6) is 0. The lowest BCUT2D eigenvalue weighted by molar-refractivity contribution is 0.447. The lowest BCUT2D eigenvalue weighted by Gasteiger charge is -2.54. The Balaban J connectivity index is 1.25. The molecule has 0 bridgehead atoms. The SMILES string of the molecule is c1ccc2c(c1)sc1c(-c3ccc4c5c(cccc35)C35c6cccc7sc8cccc(c8c67)C43c3cccc4sc6cccc5c6c34)cccc12. The number of thiophene rings is 3. The second-order valence-electron chi connectivity index (χ2n) is 14.6. The van der Waals surface area contributed by atoms with E-state index in [2.05, 4.69) is 146 Å². The van der Waals surface area contributed by atoms with Gasteiger partial charge in [0.25, 0.3) is 0 Å². The Morgan fingerprint density at radius 3 is 1.29 bits per heavy atom. The van der Waals surface area contributed by atoms with E-state index in [-0.39, 0.29) is 0 Å². The van der Waals surface area contributed by atoms with E-state index in [1.165, 1.54) is 116 Å². The fourth-order valence-corrected chi connectivity index (χ4v) is 14.8. The largest absolute Gasteiger partial charge is 0.135 e. The molecule has 0 fully saturated rings. The van der Waals surface area contributed by atoms with E-state index < -0.39 is 10.8 Å². The van der Waals surface area contributed by atoms with Gasteiger partial charge in [0.2, 0.25) is 0 Å². The van der Waals surface area contributed by atoms with Gasteiger partial charge in [0.05, 0.1) is 10.8 Å². The smallest absolute Gasteiger partial charge is 0.0649 e. The first-order valence-electron chi connectivity index (χ1n) is 17.7. The van der Waals surface area contributed by atoms with Crippen molar-refractivity contribution in [3.63, 3.8) is 0 Å². The van der Waals surface area contributed by atoms with Crippen molar-refractivity contribution in [3.05, 3.63) is 179 Å². The van der Waals surface area contributed by atoms with Gasteiger partial charge in [-0.15, -0.1) is 34.0 Å². The van der Waals surface area contributed by atoms with E-state index in [1.807, 2.05) is 34.0 Å². The van der Waals surface area contributed by atoms with Crippen LogP contribution in [0.2, 0.25) is 0 Å². The lowest BCUT2D eigenvalue weighted by atomic mass is 9.45. The maximum absolute atomic E-state index is 2.54. The third-order valence-electron chi connectivity index (χ3n) is 12.8. The van der Waals surface area contributed by atoms with Crippen molar-refractivity contribution in [2.75, 3.05) is 0 Å².